The largest absolute Gasteiger partial charge is 0.457 e. The summed E-state index contributed by atoms with van der Waals surface area (Å²) in [6.45, 7) is 1.99. The molecular weight excluding hydrogens is 392 g/mol. The molecule has 0 radical (unpaired) electrons. The van der Waals surface area contributed by atoms with E-state index >= 15 is 0 Å². The number of hydrogen-bond acceptors (Lipinski definition) is 3. The molecule has 128 valence electrons. The van der Waals surface area contributed by atoms with Gasteiger partial charge in [0.2, 0.25) is 0 Å². The number of fused-ring (bicyclic) bond motifs is 1. The van der Waals surface area contributed by atoms with Gasteiger partial charge in [-0.05, 0) is 67.6 Å². The minimum Gasteiger partial charge on any atom is -0.457 e. The van der Waals surface area contributed by atoms with Gasteiger partial charge in [0.1, 0.15) is 17.2 Å². The number of carbonyl (C=O) groups is 1. The molecule has 4 rings (SSSR count). The van der Waals surface area contributed by atoms with E-state index in [9.17, 15) is 4.79 Å². The fourth-order valence-electron chi connectivity index (χ4n) is 2.73. The van der Waals surface area contributed by atoms with Gasteiger partial charge in [-0.25, -0.2) is 4.99 Å². The minimum absolute atomic E-state index is 0.180. The van der Waals surface area contributed by atoms with Crippen LogP contribution in [0.5, 0.6) is 11.5 Å². The first-order valence-corrected chi connectivity index (χ1v) is 8.92. The molecule has 0 saturated carbocycles. The Morgan fingerprint density at radius 1 is 0.923 bits per heavy atom. The molecule has 4 nitrogen and oxygen atoms in total. The Labute approximate surface area is 159 Å². The van der Waals surface area contributed by atoms with Crippen molar-refractivity contribution in [1.82, 2.24) is 0 Å². The molecule has 0 aromatic heterocycles. The number of aliphatic imine (C=N–C) groups is 1. The Bertz CT molecular complexity index is 1010. The third-order valence-corrected chi connectivity index (χ3v) is 4.55. The summed E-state index contributed by atoms with van der Waals surface area (Å²) in [5, 5.41) is 2.85. The van der Waals surface area contributed by atoms with Gasteiger partial charge in [-0.2, -0.15) is 0 Å². The van der Waals surface area contributed by atoms with Crippen molar-refractivity contribution in [3.63, 3.8) is 0 Å². The van der Waals surface area contributed by atoms with E-state index in [0.29, 0.717) is 17.1 Å². The number of aryl methyl sites for hydroxylation is 1. The molecule has 3 aromatic carbocycles. The Balaban J connectivity index is 1.58. The van der Waals surface area contributed by atoms with E-state index in [1.54, 1.807) is 0 Å². The Morgan fingerprint density at radius 2 is 1.58 bits per heavy atom. The second kappa shape index (κ2) is 6.77. The van der Waals surface area contributed by atoms with Crippen LogP contribution in [-0.2, 0) is 4.79 Å². The van der Waals surface area contributed by atoms with E-state index < -0.39 is 0 Å². The lowest BCUT2D eigenvalue weighted by Gasteiger charge is -2.06. The van der Waals surface area contributed by atoms with E-state index in [2.05, 4.69) is 26.2 Å². The van der Waals surface area contributed by atoms with Crippen LogP contribution in [0.15, 0.2) is 76.2 Å². The fourth-order valence-corrected chi connectivity index (χ4v) is 3.00. The van der Waals surface area contributed by atoms with Crippen LogP contribution >= 0.6 is 15.9 Å². The quantitative estimate of drug-likeness (QED) is 0.613. The topological polar surface area (TPSA) is 50.7 Å². The molecule has 0 bridgehead atoms. The van der Waals surface area contributed by atoms with E-state index in [4.69, 9.17) is 4.74 Å². The molecule has 3 aromatic rings. The number of ether oxygens (including phenoxy) is 1. The maximum absolute atomic E-state index is 12.2. The second-order valence-corrected chi connectivity index (χ2v) is 6.93. The van der Waals surface area contributed by atoms with Crippen LogP contribution in [0.25, 0.3) is 0 Å². The van der Waals surface area contributed by atoms with Crippen molar-refractivity contribution in [3.05, 3.63) is 82.3 Å². The van der Waals surface area contributed by atoms with Gasteiger partial charge < -0.3 is 10.1 Å². The lowest BCUT2D eigenvalue weighted by molar-refractivity contribution is -0.110. The zero-order valence-electron chi connectivity index (χ0n) is 14.0. The predicted octanol–water partition coefficient (Wildman–Crippen LogP) is 5.62. The third kappa shape index (κ3) is 3.39. The van der Waals surface area contributed by atoms with Crippen LogP contribution in [0.2, 0.25) is 0 Å². The Morgan fingerprint density at radius 3 is 2.27 bits per heavy atom. The van der Waals surface area contributed by atoms with Gasteiger partial charge in [-0.3, -0.25) is 4.79 Å². The molecule has 0 fully saturated rings. The number of nitrogens with zero attached hydrogens (tertiary/aromatic N) is 1. The molecule has 0 atom stereocenters. The van der Waals surface area contributed by atoms with Crippen molar-refractivity contribution in [3.8, 4) is 11.5 Å². The van der Waals surface area contributed by atoms with Gasteiger partial charge in [0, 0.05) is 10.0 Å². The number of nitrogens with one attached hydrogen (secondary N) is 1. The molecule has 1 heterocycles. The molecule has 0 unspecified atom stereocenters. The highest BCUT2D eigenvalue weighted by atomic mass is 79.9. The fraction of sp³-hybridized carbons (Fsp3) is 0.0476. The molecule has 0 saturated heterocycles. The zero-order chi connectivity index (χ0) is 18.1. The lowest BCUT2D eigenvalue weighted by atomic mass is 10.1. The Kier molecular flexibility index (Phi) is 4.31. The van der Waals surface area contributed by atoms with Crippen molar-refractivity contribution >= 4 is 38.9 Å². The van der Waals surface area contributed by atoms with E-state index in [1.807, 2.05) is 73.7 Å². The van der Waals surface area contributed by atoms with Crippen molar-refractivity contribution < 1.29 is 9.53 Å². The zero-order valence-corrected chi connectivity index (χ0v) is 15.6. The maximum atomic E-state index is 12.2. The first-order valence-electron chi connectivity index (χ1n) is 8.13. The summed E-state index contributed by atoms with van der Waals surface area (Å²) in [6, 6.07) is 20.8. The summed E-state index contributed by atoms with van der Waals surface area (Å²) in [6.07, 6.45) is 0. The van der Waals surface area contributed by atoms with Gasteiger partial charge in [0.15, 0.2) is 0 Å². The Hall–Kier alpha value is -2.92. The summed E-state index contributed by atoms with van der Waals surface area (Å²) in [7, 11) is 0. The summed E-state index contributed by atoms with van der Waals surface area (Å²) in [5.41, 5.74) is 3.86. The normalized spacial score (nSPS) is 14.2. The molecule has 1 aliphatic heterocycles. The van der Waals surface area contributed by atoms with Crippen LogP contribution in [0.3, 0.4) is 0 Å². The van der Waals surface area contributed by atoms with Crippen LogP contribution in [0, 0.1) is 6.92 Å². The highest BCUT2D eigenvalue weighted by Crippen LogP contribution is 2.29. The number of amides is 1. The van der Waals surface area contributed by atoms with Crippen molar-refractivity contribution in [2.45, 2.75) is 6.92 Å². The molecule has 1 aliphatic rings. The van der Waals surface area contributed by atoms with Crippen LogP contribution in [0.1, 0.15) is 11.1 Å². The van der Waals surface area contributed by atoms with Crippen molar-refractivity contribution in [2.75, 3.05) is 5.32 Å². The highest BCUT2D eigenvalue weighted by molar-refractivity contribution is 9.10. The average Bonchev–Trinajstić information content (AvgIpc) is 2.94. The van der Waals surface area contributed by atoms with Crippen LogP contribution in [0.4, 0.5) is 11.4 Å². The number of rotatable bonds is 3. The number of hydrogen-bond donors (Lipinski definition) is 1. The minimum atomic E-state index is -0.180. The number of carbonyl (C=O) groups excluding carboxylic acids is 1. The monoisotopic (exact) mass is 406 g/mol. The number of halogens is 1. The second-order valence-electron chi connectivity index (χ2n) is 6.01. The average molecular weight is 407 g/mol. The molecule has 1 N–H and O–H groups in total. The van der Waals surface area contributed by atoms with Gasteiger partial charge >= 0.3 is 0 Å². The number of benzene rings is 3. The van der Waals surface area contributed by atoms with Crippen molar-refractivity contribution in [2.24, 2.45) is 4.99 Å². The molecule has 1 amide bonds. The molecule has 26 heavy (non-hydrogen) atoms. The first-order chi connectivity index (χ1) is 12.6. The van der Waals surface area contributed by atoms with Gasteiger partial charge in [0.05, 0.1) is 11.4 Å². The SMILES string of the molecule is Cc1ccc2c(c1)C(=Nc1ccc(Oc3ccc(Br)cc3)cc1)C(=O)N2. The maximum Gasteiger partial charge on any atom is 0.275 e. The standard InChI is InChI=1S/C21H15BrN2O2/c1-13-2-11-19-18(12-13)20(21(25)24-19)23-15-5-9-17(10-6-15)26-16-7-3-14(22)4-8-16/h2-12H,1H3,(H,23,24,25). The van der Waals surface area contributed by atoms with Crippen molar-refractivity contribution in [1.29, 1.82) is 0 Å². The van der Waals surface area contributed by atoms with E-state index in [-0.39, 0.29) is 5.91 Å². The summed E-state index contributed by atoms with van der Waals surface area (Å²) >= 11 is 3.40. The van der Waals surface area contributed by atoms with Gasteiger partial charge in [0.25, 0.3) is 5.91 Å². The predicted molar refractivity (Wildman–Crippen MR) is 107 cm³/mol. The molecule has 0 spiro atoms. The summed E-state index contributed by atoms with van der Waals surface area (Å²) in [5.74, 6) is 1.29. The third-order valence-electron chi connectivity index (χ3n) is 4.02. The summed E-state index contributed by atoms with van der Waals surface area (Å²) < 4.78 is 6.80. The van der Waals surface area contributed by atoms with Gasteiger partial charge in [-0.15, -0.1) is 0 Å². The smallest absolute Gasteiger partial charge is 0.275 e. The van der Waals surface area contributed by atoms with E-state index in [1.165, 1.54) is 0 Å². The van der Waals surface area contributed by atoms with Crippen LogP contribution < -0.4 is 10.1 Å². The highest BCUT2D eigenvalue weighted by Gasteiger charge is 2.25. The van der Waals surface area contributed by atoms with E-state index in [0.717, 1.165) is 27.0 Å². The molecule has 0 aliphatic carbocycles. The summed E-state index contributed by atoms with van der Waals surface area (Å²) in [4.78, 5) is 16.7. The van der Waals surface area contributed by atoms with Gasteiger partial charge in [-0.1, -0.05) is 27.6 Å². The van der Waals surface area contributed by atoms with Crippen LogP contribution in [-0.4, -0.2) is 11.6 Å². The molecular formula is C21H15BrN2O2. The first kappa shape index (κ1) is 16.5. The lowest BCUT2D eigenvalue weighted by Crippen LogP contribution is -2.13. The number of anilines is 1. The molecule has 5 heteroatoms.